The minimum atomic E-state index is -1.03. The third kappa shape index (κ3) is 2.03. The summed E-state index contributed by atoms with van der Waals surface area (Å²) >= 11 is 1.45. The number of nitrogen functional groups attached to an aromatic ring is 1. The number of aromatic amines is 1. The fraction of sp³-hybridized carbons (Fsp3) is 0.500. The number of nitrogens with one attached hydrogen (secondary N) is 1. The van der Waals surface area contributed by atoms with Crippen molar-refractivity contribution < 1.29 is 19.9 Å². The van der Waals surface area contributed by atoms with Gasteiger partial charge in [0.1, 0.15) is 28.6 Å². The Morgan fingerprint density at radius 3 is 3.05 bits per heavy atom. The van der Waals surface area contributed by atoms with Crippen LogP contribution in [0.3, 0.4) is 0 Å². The number of aliphatic imine (C=N–C) groups is 1. The first kappa shape index (κ1) is 15.3. The first-order chi connectivity index (χ1) is 10.6. The topological polar surface area (TPSA) is 115 Å². The number of nitrogens with two attached hydrogens (primary N) is 1. The van der Waals surface area contributed by atoms with E-state index in [1.54, 1.807) is 0 Å². The van der Waals surface area contributed by atoms with Gasteiger partial charge in [0.2, 0.25) is 12.1 Å². The fourth-order valence-electron chi connectivity index (χ4n) is 2.97. The Bertz CT molecular complexity index is 700. The van der Waals surface area contributed by atoms with Gasteiger partial charge in [-0.3, -0.25) is 4.99 Å². The number of H-pyrrole nitrogens is 1. The highest BCUT2D eigenvalue weighted by Crippen LogP contribution is 2.46. The Balaban J connectivity index is 2.10. The normalized spacial score (nSPS) is 31.7. The van der Waals surface area contributed by atoms with Crippen LogP contribution < -0.4 is 10.7 Å². The number of hydrogen-bond acceptors (Lipinski definition) is 7. The van der Waals surface area contributed by atoms with Gasteiger partial charge < -0.3 is 20.7 Å². The van der Waals surface area contributed by atoms with Crippen molar-refractivity contribution in [2.75, 3.05) is 12.3 Å². The van der Waals surface area contributed by atoms with Crippen LogP contribution >= 0.6 is 11.3 Å². The molecule has 118 valence electrons. The van der Waals surface area contributed by atoms with E-state index in [0.717, 1.165) is 15.8 Å². The van der Waals surface area contributed by atoms with E-state index in [9.17, 15) is 10.2 Å². The number of hydrogen-bond donors (Lipinski definition) is 3. The quantitative estimate of drug-likeness (QED) is 0.702. The van der Waals surface area contributed by atoms with Crippen LogP contribution in [-0.4, -0.2) is 46.3 Å². The molecule has 2 aromatic rings. The van der Waals surface area contributed by atoms with Gasteiger partial charge in [0.25, 0.3) is 0 Å². The molecule has 0 radical (unpaired) electrons. The lowest BCUT2D eigenvalue weighted by atomic mass is 9.90. The van der Waals surface area contributed by atoms with Crippen molar-refractivity contribution in [3.8, 4) is 0 Å². The Morgan fingerprint density at radius 2 is 2.41 bits per heavy atom. The van der Waals surface area contributed by atoms with Crippen molar-refractivity contribution in [3.63, 3.8) is 0 Å². The summed E-state index contributed by atoms with van der Waals surface area (Å²) in [5.74, 6) is 0.534. The second-order valence-electron chi connectivity index (χ2n) is 5.42. The molecule has 1 aliphatic rings. The molecule has 1 fully saturated rings. The van der Waals surface area contributed by atoms with Crippen molar-refractivity contribution in [3.05, 3.63) is 17.3 Å². The molecule has 5 N–H and O–H groups in total. The van der Waals surface area contributed by atoms with Crippen molar-refractivity contribution >= 4 is 34.1 Å². The summed E-state index contributed by atoms with van der Waals surface area (Å²) in [6, 6.07) is -0.558. The minimum Gasteiger partial charge on any atom is -0.393 e. The lowest BCUT2D eigenvalue weighted by Gasteiger charge is -2.28. The van der Waals surface area contributed by atoms with Crippen LogP contribution in [0.5, 0.6) is 0 Å². The number of nitrogens with zero attached hydrogens (tertiary/aromatic N) is 2. The van der Waals surface area contributed by atoms with Crippen LogP contribution in [0.2, 0.25) is 0 Å². The number of fused-ring (bicyclic) bond motifs is 1. The number of ether oxygens (including phenoxy) is 1. The molecule has 4 atom stereocenters. The third-order valence-corrected chi connectivity index (χ3v) is 5.39. The summed E-state index contributed by atoms with van der Waals surface area (Å²) in [4.78, 5) is 11.2. The van der Waals surface area contributed by atoms with Crippen LogP contribution in [0, 0.1) is 0 Å². The summed E-state index contributed by atoms with van der Waals surface area (Å²) in [6.07, 6.45) is 0.558. The van der Waals surface area contributed by atoms with Crippen molar-refractivity contribution in [1.29, 1.82) is 0 Å². The van der Waals surface area contributed by atoms with E-state index in [1.165, 1.54) is 17.7 Å². The molecule has 22 heavy (non-hydrogen) atoms. The van der Waals surface area contributed by atoms with E-state index < -0.39 is 23.9 Å². The van der Waals surface area contributed by atoms with E-state index in [2.05, 4.69) is 21.7 Å². The van der Waals surface area contributed by atoms with Crippen molar-refractivity contribution in [2.45, 2.75) is 37.2 Å². The summed E-state index contributed by atoms with van der Waals surface area (Å²) in [5, 5.41) is 22.1. The predicted molar refractivity (Wildman–Crippen MR) is 83.9 cm³/mol. The average molecular weight is 323 g/mol. The Kier molecular flexibility index (Phi) is 3.85. The molecule has 2 aromatic heterocycles. The van der Waals surface area contributed by atoms with E-state index in [-0.39, 0.29) is 6.61 Å². The molecule has 0 aromatic carbocycles. The lowest BCUT2D eigenvalue weighted by Crippen LogP contribution is -2.45. The highest BCUT2D eigenvalue weighted by molar-refractivity contribution is 7.17. The summed E-state index contributed by atoms with van der Waals surface area (Å²) in [6.45, 7) is 5.15. The molecular weight excluding hydrogens is 304 g/mol. The van der Waals surface area contributed by atoms with Crippen molar-refractivity contribution in [1.82, 2.24) is 4.98 Å². The fourth-order valence-corrected chi connectivity index (χ4v) is 3.93. The van der Waals surface area contributed by atoms with E-state index in [0.29, 0.717) is 12.2 Å². The van der Waals surface area contributed by atoms with Gasteiger partial charge >= 0.3 is 0 Å². The first-order valence-corrected chi connectivity index (χ1v) is 7.91. The molecule has 0 spiro atoms. The van der Waals surface area contributed by atoms with Gasteiger partial charge in [-0.05, 0) is 13.1 Å². The maximum atomic E-state index is 10.5. The maximum absolute atomic E-state index is 10.5. The number of aliphatic hydroxyl groups is 2. The van der Waals surface area contributed by atoms with Crippen LogP contribution in [-0.2, 0) is 4.74 Å². The van der Waals surface area contributed by atoms with Gasteiger partial charge in [-0.1, -0.05) is 6.92 Å². The molecule has 7 nitrogen and oxygen atoms in total. The maximum Gasteiger partial charge on any atom is 0.237 e. The SMILES string of the molecule is C=N[C@H]1[C@H](c2csc3c(N)[nH+]cnc23)O[C@](CC)(CO)[C@H]1O. The molecule has 3 heterocycles. The number of aliphatic hydroxyl groups excluding tert-OH is 2. The monoisotopic (exact) mass is 323 g/mol. The molecule has 0 unspecified atom stereocenters. The zero-order chi connectivity index (χ0) is 15.9. The Morgan fingerprint density at radius 1 is 1.64 bits per heavy atom. The Hall–Kier alpha value is -1.61. The molecule has 8 heteroatoms. The van der Waals surface area contributed by atoms with Gasteiger partial charge in [-0.25, -0.2) is 4.98 Å². The molecule has 3 rings (SSSR count). The minimum absolute atomic E-state index is 0.279. The third-order valence-electron chi connectivity index (χ3n) is 4.37. The van der Waals surface area contributed by atoms with Gasteiger partial charge in [0, 0.05) is 10.9 Å². The van der Waals surface area contributed by atoms with Gasteiger partial charge in [0.05, 0.1) is 6.61 Å². The van der Waals surface area contributed by atoms with Crippen LogP contribution in [0.4, 0.5) is 5.82 Å². The van der Waals surface area contributed by atoms with Crippen molar-refractivity contribution in [2.24, 2.45) is 4.99 Å². The largest absolute Gasteiger partial charge is 0.393 e. The predicted octanol–water partition coefficient (Wildman–Crippen LogP) is 0.335. The summed E-state index contributed by atoms with van der Waals surface area (Å²) in [5.41, 5.74) is 6.41. The first-order valence-electron chi connectivity index (χ1n) is 7.03. The highest BCUT2D eigenvalue weighted by atomic mass is 32.1. The zero-order valence-corrected chi connectivity index (χ0v) is 13.0. The van der Waals surface area contributed by atoms with Crippen LogP contribution in [0.15, 0.2) is 16.7 Å². The molecule has 1 saturated heterocycles. The smallest absolute Gasteiger partial charge is 0.237 e. The molecule has 0 bridgehead atoms. The number of aromatic nitrogens is 2. The molecule has 0 saturated carbocycles. The van der Waals surface area contributed by atoms with Crippen LogP contribution in [0.1, 0.15) is 25.0 Å². The average Bonchev–Trinajstić information content (AvgIpc) is 3.07. The van der Waals surface area contributed by atoms with Gasteiger partial charge in [-0.15, -0.1) is 16.3 Å². The lowest BCUT2D eigenvalue weighted by molar-refractivity contribution is -0.363. The van der Waals surface area contributed by atoms with E-state index in [4.69, 9.17) is 10.5 Å². The van der Waals surface area contributed by atoms with E-state index >= 15 is 0 Å². The van der Waals surface area contributed by atoms with Crippen LogP contribution in [0.25, 0.3) is 10.2 Å². The second kappa shape index (κ2) is 5.54. The molecular formula is C14H19N4O3S+. The second-order valence-corrected chi connectivity index (χ2v) is 6.30. The Labute approximate surface area is 131 Å². The summed E-state index contributed by atoms with van der Waals surface area (Å²) in [7, 11) is 0. The highest BCUT2D eigenvalue weighted by Gasteiger charge is 2.54. The molecule has 0 aliphatic carbocycles. The number of anilines is 1. The van der Waals surface area contributed by atoms with Gasteiger partial charge in [0.15, 0.2) is 5.52 Å². The zero-order valence-electron chi connectivity index (χ0n) is 12.2. The van der Waals surface area contributed by atoms with Gasteiger partial charge in [-0.2, -0.15) is 0 Å². The summed E-state index contributed by atoms with van der Waals surface area (Å²) < 4.78 is 6.87. The van der Waals surface area contributed by atoms with E-state index in [1.807, 2.05) is 12.3 Å². The number of rotatable bonds is 4. The number of thiophene rings is 1. The molecule has 1 aliphatic heterocycles. The standard InChI is InChI=1S/C14H18N4O3S/c1-3-14(5-19)12(20)9(16-2)10(21-14)7-4-22-11-8(7)17-6-18-13(11)15/h4,6,9-10,12,19-20H,2-3,5H2,1H3,(H2,15,17,18)/p+1/t9-,10-,12-,14+/m0/s1. The molecule has 0 amide bonds.